The molecule has 1 rings (SSSR count). The topological polar surface area (TPSA) is 42.2 Å². The van der Waals surface area contributed by atoms with Gasteiger partial charge in [-0.15, -0.1) is 0 Å². The zero-order chi connectivity index (χ0) is 12.3. The fraction of sp³-hybridized carbons (Fsp3) is 0.444. The number of nitrogens with zero attached hydrogens (tertiary/aromatic N) is 1. The molecule has 0 amide bonds. The quantitative estimate of drug-likeness (QED) is 0.897. The predicted molar refractivity (Wildman–Crippen MR) is 54.6 cm³/mol. The van der Waals surface area contributed by atoms with Gasteiger partial charge in [0.05, 0.1) is 0 Å². The Morgan fingerprint density at radius 2 is 2.19 bits per heavy atom. The Labute approximate surface area is 94.3 Å². The van der Waals surface area contributed by atoms with Crippen LogP contribution < -0.4 is 0 Å². The number of carboxylic acid groups (broad SMARTS) is 1. The number of hydrogen-bond donors (Lipinski definition) is 1. The maximum Gasteiger partial charge on any atom is 0.441 e. The average molecular weight is 253 g/mol. The van der Waals surface area contributed by atoms with E-state index in [9.17, 15) is 18.0 Å². The summed E-state index contributed by atoms with van der Waals surface area (Å²) in [4.78, 5) is 10.8. The Hall–Kier alpha value is -1.11. The highest BCUT2D eigenvalue weighted by molar-refractivity contribution is 8.00. The van der Waals surface area contributed by atoms with Gasteiger partial charge in [-0.3, -0.25) is 0 Å². The minimum atomic E-state index is -4.27. The van der Waals surface area contributed by atoms with Crippen molar-refractivity contribution in [1.29, 1.82) is 0 Å². The minimum absolute atomic E-state index is 0.0274. The Bertz CT molecular complexity index is 387. The van der Waals surface area contributed by atoms with E-state index in [1.807, 2.05) is 0 Å². The Morgan fingerprint density at radius 1 is 1.56 bits per heavy atom. The first kappa shape index (κ1) is 13.0. The van der Waals surface area contributed by atoms with Gasteiger partial charge in [0.25, 0.3) is 0 Å². The second kappa shape index (κ2) is 4.82. The van der Waals surface area contributed by atoms with Gasteiger partial charge in [0, 0.05) is 18.5 Å². The van der Waals surface area contributed by atoms with Crippen LogP contribution in [0.4, 0.5) is 13.2 Å². The summed E-state index contributed by atoms with van der Waals surface area (Å²) in [5.41, 5.74) is -3.68. The van der Waals surface area contributed by atoms with Crippen molar-refractivity contribution in [3.63, 3.8) is 0 Å². The van der Waals surface area contributed by atoms with Crippen LogP contribution in [-0.4, -0.2) is 26.9 Å². The molecule has 3 nitrogen and oxygen atoms in total. The van der Waals surface area contributed by atoms with Gasteiger partial charge in [0.15, 0.2) is 0 Å². The molecule has 90 valence electrons. The highest BCUT2D eigenvalue weighted by atomic mass is 32.2. The number of thioether (sulfide) groups is 1. The molecule has 0 aliphatic heterocycles. The summed E-state index contributed by atoms with van der Waals surface area (Å²) >= 11 is -0.156. The van der Waals surface area contributed by atoms with Crippen molar-refractivity contribution in [3.8, 4) is 0 Å². The molecule has 16 heavy (non-hydrogen) atoms. The summed E-state index contributed by atoms with van der Waals surface area (Å²) in [6, 6.07) is 1.57. The largest absolute Gasteiger partial charge is 0.477 e. The zero-order valence-electron chi connectivity index (χ0n) is 8.41. The third-order valence-corrected chi connectivity index (χ3v) is 2.68. The van der Waals surface area contributed by atoms with Crippen molar-refractivity contribution in [2.24, 2.45) is 0 Å². The molecule has 1 N–H and O–H groups in total. The van der Waals surface area contributed by atoms with E-state index in [-0.39, 0.29) is 29.8 Å². The van der Waals surface area contributed by atoms with Crippen LogP contribution in [0, 0.1) is 6.92 Å². The maximum absolute atomic E-state index is 11.9. The fourth-order valence-electron chi connectivity index (χ4n) is 1.32. The van der Waals surface area contributed by atoms with E-state index < -0.39 is 11.5 Å². The van der Waals surface area contributed by atoms with E-state index in [4.69, 9.17) is 5.11 Å². The molecular weight excluding hydrogens is 243 g/mol. The van der Waals surface area contributed by atoms with E-state index in [2.05, 4.69) is 0 Å². The van der Waals surface area contributed by atoms with E-state index >= 15 is 0 Å². The molecule has 0 saturated carbocycles. The summed E-state index contributed by atoms with van der Waals surface area (Å²) in [7, 11) is 0. The number of carboxylic acids is 1. The number of aromatic nitrogens is 1. The monoisotopic (exact) mass is 253 g/mol. The highest BCUT2D eigenvalue weighted by Crippen LogP contribution is 2.30. The lowest BCUT2D eigenvalue weighted by molar-refractivity contribution is -0.0328. The second-order valence-electron chi connectivity index (χ2n) is 3.14. The standard InChI is InChI=1S/C9H10F3NO2S/c1-6-2-3-13(7(6)8(14)15)4-5-16-9(10,11)12/h2-3H,4-5H2,1H3,(H,14,15). The molecule has 0 fully saturated rings. The number of alkyl halides is 3. The maximum atomic E-state index is 11.9. The van der Waals surface area contributed by atoms with Gasteiger partial charge < -0.3 is 9.67 Å². The van der Waals surface area contributed by atoms with Crippen molar-refractivity contribution in [1.82, 2.24) is 4.57 Å². The number of carbonyl (C=O) groups is 1. The van der Waals surface area contributed by atoms with Crippen LogP contribution in [0.3, 0.4) is 0 Å². The number of aromatic carboxylic acids is 1. The Kier molecular flexibility index (Phi) is 3.90. The molecule has 0 spiro atoms. The third-order valence-electron chi connectivity index (χ3n) is 1.97. The van der Waals surface area contributed by atoms with Gasteiger partial charge in [0.2, 0.25) is 0 Å². The molecule has 0 aliphatic carbocycles. The number of halogens is 3. The first-order valence-corrected chi connectivity index (χ1v) is 5.39. The van der Waals surface area contributed by atoms with Gasteiger partial charge in [-0.1, -0.05) is 0 Å². The molecule has 0 saturated heterocycles. The van der Waals surface area contributed by atoms with Crippen LogP contribution in [0.2, 0.25) is 0 Å². The molecule has 1 heterocycles. The molecular formula is C9H10F3NO2S. The van der Waals surface area contributed by atoms with Crippen LogP contribution in [0.1, 0.15) is 16.1 Å². The number of rotatable bonds is 4. The van der Waals surface area contributed by atoms with Crippen LogP contribution in [0.5, 0.6) is 0 Å². The van der Waals surface area contributed by atoms with Crippen molar-refractivity contribution < 1.29 is 23.1 Å². The van der Waals surface area contributed by atoms with Gasteiger partial charge in [0.1, 0.15) is 5.69 Å². The van der Waals surface area contributed by atoms with Gasteiger partial charge in [-0.05, 0) is 30.3 Å². The molecule has 1 aromatic heterocycles. The van der Waals surface area contributed by atoms with E-state index in [0.29, 0.717) is 5.56 Å². The summed E-state index contributed by atoms with van der Waals surface area (Å²) in [5, 5.41) is 8.84. The van der Waals surface area contributed by atoms with E-state index in [1.54, 1.807) is 13.0 Å². The molecule has 0 aromatic carbocycles. The van der Waals surface area contributed by atoms with Crippen molar-refractivity contribution in [2.45, 2.75) is 19.0 Å². The van der Waals surface area contributed by atoms with Crippen molar-refractivity contribution >= 4 is 17.7 Å². The zero-order valence-corrected chi connectivity index (χ0v) is 9.23. The summed E-state index contributed by atoms with van der Waals surface area (Å²) in [6.45, 7) is 1.64. The van der Waals surface area contributed by atoms with Crippen LogP contribution in [-0.2, 0) is 6.54 Å². The van der Waals surface area contributed by atoms with Gasteiger partial charge in [-0.2, -0.15) is 13.2 Å². The molecule has 7 heteroatoms. The van der Waals surface area contributed by atoms with Gasteiger partial charge in [-0.25, -0.2) is 4.79 Å². The lowest BCUT2D eigenvalue weighted by atomic mass is 10.3. The normalized spacial score (nSPS) is 11.8. The number of hydrogen-bond acceptors (Lipinski definition) is 2. The molecule has 0 aliphatic rings. The SMILES string of the molecule is Cc1ccn(CCSC(F)(F)F)c1C(=O)O. The fourth-order valence-corrected chi connectivity index (χ4v) is 1.84. The number of aryl methyl sites for hydroxylation is 2. The molecule has 0 atom stereocenters. The third kappa shape index (κ3) is 3.48. The molecule has 0 bridgehead atoms. The minimum Gasteiger partial charge on any atom is -0.477 e. The molecule has 0 radical (unpaired) electrons. The lowest BCUT2D eigenvalue weighted by Gasteiger charge is -2.08. The van der Waals surface area contributed by atoms with Gasteiger partial charge >= 0.3 is 11.5 Å². The molecule has 0 unspecified atom stereocenters. The first-order valence-electron chi connectivity index (χ1n) is 4.41. The summed E-state index contributed by atoms with van der Waals surface area (Å²) in [5.74, 6) is -1.32. The smallest absolute Gasteiger partial charge is 0.441 e. The van der Waals surface area contributed by atoms with Crippen LogP contribution in [0.15, 0.2) is 12.3 Å². The first-order chi connectivity index (χ1) is 7.31. The van der Waals surface area contributed by atoms with Crippen molar-refractivity contribution in [2.75, 3.05) is 5.75 Å². The average Bonchev–Trinajstić information content (AvgIpc) is 2.44. The van der Waals surface area contributed by atoms with Crippen molar-refractivity contribution in [3.05, 3.63) is 23.5 Å². The van der Waals surface area contributed by atoms with Crippen LogP contribution in [0.25, 0.3) is 0 Å². The highest BCUT2D eigenvalue weighted by Gasteiger charge is 2.27. The lowest BCUT2D eigenvalue weighted by Crippen LogP contribution is -2.12. The Balaban J connectivity index is 2.64. The molecule has 1 aromatic rings. The van der Waals surface area contributed by atoms with E-state index in [0.717, 1.165) is 0 Å². The summed E-state index contributed by atoms with van der Waals surface area (Å²) in [6.07, 6.45) is 1.48. The second-order valence-corrected chi connectivity index (χ2v) is 4.30. The van der Waals surface area contributed by atoms with E-state index in [1.165, 1.54) is 10.8 Å². The predicted octanol–water partition coefficient (Wildman–Crippen LogP) is 2.75. The Morgan fingerprint density at radius 3 is 2.69 bits per heavy atom. The van der Waals surface area contributed by atoms with Crippen LogP contribution >= 0.6 is 11.8 Å². The summed E-state index contributed by atoms with van der Waals surface area (Å²) < 4.78 is 36.9.